The van der Waals surface area contributed by atoms with Crippen LogP contribution in [-0.4, -0.2) is 24.2 Å². The molecule has 2 atom stereocenters. The molecule has 2 rings (SSSR count). The lowest BCUT2D eigenvalue weighted by Crippen LogP contribution is -2.15. The van der Waals surface area contributed by atoms with Gasteiger partial charge in [0, 0.05) is 33.5 Å². The zero-order valence-electron chi connectivity index (χ0n) is 17.3. The van der Waals surface area contributed by atoms with E-state index >= 15 is 0 Å². The fourth-order valence-corrected chi connectivity index (χ4v) is 4.25. The lowest BCUT2D eigenvalue weighted by atomic mass is 10.0. The Bertz CT molecular complexity index is 935. The summed E-state index contributed by atoms with van der Waals surface area (Å²) in [5.41, 5.74) is 0.0311. The summed E-state index contributed by atoms with van der Waals surface area (Å²) < 4.78 is 44.6. The van der Waals surface area contributed by atoms with Gasteiger partial charge in [0.2, 0.25) is 0 Å². The summed E-state index contributed by atoms with van der Waals surface area (Å²) in [7, 11) is 1.36. The third-order valence-electron chi connectivity index (χ3n) is 4.71. The maximum atomic E-state index is 13.4. The minimum Gasteiger partial charge on any atom is -0.469 e. The molecule has 0 aromatic heterocycles. The molecular weight excluding hydrogens is 451 g/mol. The SMILES string of the molecule is CCC(CCC(C)C(=O)OC)Sc1cc(C(=O)Nc2cc(F)c(F)c(F)c2)ccc1Cl. The van der Waals surface area contributed by atoms with Gasteiger partial charge in [0.25, 0.3) is 5.91 Å². The van der Waals surface area contributed by atoms with Crippen molar-refractivity contribution in [2.24, 2.45) is 5.92 Å². The smallest absolute Gasteiger partial charge is 0.308 e. The van der Waals surface area contributed by atoms with Crippen LogP contribution in [0.5, 0.6) is 0 Å². The molecule has 168 valence electrons. The first-order valence-electron chi connectivity index (χ1n) is 9.66. The molecule has 2 aromatic carbocycles. The number of anilines is 1. The molecule has 0 aliphatic heterocycles. The van der Waals surface area contributed by atoms with Crippen molar-refractivity contribution in [3.8, 4) is 0 Å². The van der Waals surface area contributed by atoms with Crippen LogP contribution in [0.2, 0.25) is 5.02 Å². The highest BCUT2D eigenvalue weighted by atomic mass is 35.5. The van der Waals surface area contributed by atoms with Gasteiger partial charge in [0.05, 0.1) is 18.1 Å². The van der Waals surface area contributed by atoms with Crippen LogP contribution in [0.3, 0.4) is 0 Å². The van der Waals surface area contributed by atoms with Gasteiger partial charge >= 0.3 is 5.97 Å². The second-order valence-electron chi connectivity index (χ2n) is 7.00. The standard InChI is InChI=1S/C22H23ClF3NO3S/c1-4-15(7-5-12(2)22(29)30-3)31-19-9-13(6-8-16(19)23)21(28)27-14-10-17(24)20(26)18(25)11-14/h6,8-12,15H,4-5,7H2,1-3H3,(H,27,28). The molecule has 2 aromatic rings. The highest BCUT2D eigenvalue weighted by Gasteiger charge is 2.19. The molecule has 0 saturated heterocycles. The van der Waals surface area contributed by atoms with E-state index in [-0.39, 0.29) is 28.4 Å². The van der Waals surface area contributed by atoms with E-state index < -0.39 is 23.4 Å². The van der Waals surface area contributed by atoms with Gasteiger partial charge in [0.15, 0.2) is 17.5 Å². The normalized spacial score (nSPS) is 12.9. The Hall–Kier alpha value is -2.19. The maximum absolute atomic E-state index is 13.4. The third kappa shape index (κ3) is 6.90. The summed E-state index contributed by atoms with van der Waals surface area (Å²) in [6, 6.07) is 6.05. The van der Waals surface area contributed by atoms with E-state index in [0.717, 1.165) is 12.8 Å². The van der Waals surface area contributed by atoms with Gasteiger partial charge in [-0.05, 0) is 37.5 Å². The molecular formula is C22H23ClF3NO3S. The minimum atomic E-state index is -1.60. The largest absolute Gasteiger partial charge is 0.469 e. The van der Waals surface area contributed by atoms with E-state index in [1.54, 1.807) is 12.1 Å². The zero-order chi connectivity index (χ0) is 23.1. The summed E-state index contributed by atoms with van der Waals surface area (Å²) >= 11 is 7.78. The summed E-state index contributed by atoms with van der Waals surface area (Å²) in [5, 5.41) is 2.96. The van der Waals surface area contributed by atoms with Crippen molar-refractivity contribution in [1.82, 2.24) is 0 Å². The number of hydrogen-bond donors (Lipinski definition) is 1. The van der Waals surface area contributed by atoms with Crippen LogP contribution in [0.15, 0.2) is 35.2 Å². The van der Waals surface area contributed by atoms with E-state index in [4.69, 9.17) is 16.3 Å². The number of halogens is 4. The van der Waals surface area contributed by atoms with Crippen LogP contribution >= 0.6 is 23.4 Å². The van der Waals surface area contributed by atoms with Crippen LogP contribution < -0.4 is 5.32 Å². The summed E-state index contributed by atoms with van der Waals surface area (Å²) in [6.07, 6.45) is 2.22. The van der Waals surface area contributed by atoms with Crippen LogP contribution in [0.1, 0.15) is 43.5 Å². The molecule has 0 radical (unpaired) electrons. The number of amides is 1. The van der Waals surface area contributed by atoms with E-state index in [1.165, 1.54) is 24.9 Å². The molecule has 0 bridgehead atoms. The third-order valence-corrected chi connectivity index (χ3v) is 6.64. The lowest BCUT2D eigenvalue weighted by molar-refractivity contribution is -0.145. The quantitative estimate of drug-likeness (QED) is 0.257. The Morgan fingerprint density at radius 3 is 2.35 bits per heavy atom. The Balaban J connectivity index is 2.11. The Morgan fingerprint density at radius 2 is 1.77 bits per heavy atom. The number of thioether (sulfide) groups is 1. The van der Waals surface area contributed by atoms with Gasteiger partial charge in [0.1, 0.15) is 0 Å². The van der Waals surface area contributed by atoms with E-state index in [9.17, 15) is 22.8 Å². The number of esters is 1. The van der Waals surface area contributed by atoms with E-state index in [1.807, 2.05) is 13.8 Å². The van der Waals surface area contributed by atoms with Crippen molar-refractivity contribution in [1.29, 1.82) is 0 Å². The second-order valence-corrected chi connectivity index (χ2v) is 8.75. The van der Waals surface area contributed by atoms with Crippen LogP contribution in [0, 0.1) is 23.4 Å². The Morgan fingerprint density at radius 1 is 1.13 bits per heavy atom. The highest BCUT2D eigenvalue weighted by Crippen LogP contribution is 2.35. The van der Waals surface area contributed by atoms with Gasteiger partial charge in [-0.1, -0.05) is 25.4 Å². The van der Waals surface area contributed by atoms with Crippen molar-refractivity contribution in [2.45, 2.75) is 43.3 Å². The minimum absolute atomic E-state index is 0.156. The Labute approximate surface area is 188 Å². The molecule has 1 amide bonds. The van der Waals surface area contributed by atoms with Crippen LogP contribution in [0.25, 0.3) is 0 Å². The van der Waals surface area contributed by atoms with Crippen molar-refractivity contribution < 1.29 is 27.5 Å². The first-order chi connectivity index (χ1) is 14.7. The van der Waals surface area contributed by atoms with Gasteiger partial charge in [-0.25, -0.2) is 13.2 Å². The molecule has 1 N–H and O–H groups in total. The molecule has 9 heteroatoms. The number of carbonyl (C=O) groups excluding carboxylic acids is 2. The lowest BCUT2D eigenvalue weighted by Gasteiger charge is -2.18. The first kappa shape index (κ1) is 25.1. The topological polar surface area (TPSA) is 55.4 Å². The Kier molecular flexibility index (Phi) is 9.25. The number of rotatable bonds is 9. The number of nitrogens with one attached hydrogen (secondary N) is 1. The molecule has 0 spiro atoms. The summed E-state index contributed by atoms with van der Waals surface area (Å²) in [6.45, 7) is 3.82. The van der Waals surface area contributed by atoms with Gasteiger partial charge in [-0.15, -0.1) is 11.8 Å². The van der Waals surface area contributed by atoms with Crippen molar-refractivity contribution in [3.63, 3.8) is 0 Å². The molecule has 0 aliphatic rings. The fraction of sp³-hybridized carbons (Fsp3) is 0.364. The van der Waals surface area contributed by atoms with E-state index in [2.05, 4.69) is 5.32 Å². The maximum Gasteiger partial charge on any atom is 0.308 e. The predicted molar refractivity (Wildman–Crippen MR) is 116 cm³/mol. The molecule has 0 saturated carbocycles. The summed E-state index contributed by atoms with van der Waals surface area (Å²) in [5.74, 6) is -5.48. The monoisotopic (exact) mass is 473 g/mol. The van der Waals surface area contributed by atoms with E-state index in [0.29, 0.717) is 28.5 Å². The van der Waals surface area contributed by atoms with Crippen molar-refractivity contribution in [2.75, 3.05) is 12.4 Å². The highest BCUT2D eigenvalue weighted by molar-refractivity contribution is 8.00. The van der Waals surface area contributed by atoms with Crippen molar-refractivity contribution >= 4 is 40.9 Å². The number of benzene rings is 2. The number of methoxy groups -OCH3 is 1. The average molecular weight is 474 g/mol. The van der Waals surface area contributed by atoms with Gasteiger partial charge in [-0.2, -0.15) is 0 Å². The van der Waals surface area contributed by atoms with Crippen LogP contribution in [0.4, 0.5) is 18.9 Å². The molecule has 31 heavy (non-hydrogen) atoms. The number of hydrogen-bond acceptors (Lipinski definition) is 4. The van der Waals surface area contributed by atoms with Gasteiger partial charge < -0.3 is 10.1 Å². The average Bonchev–Trinajstić information content (AvgIpc) is 2.75. The molecule has 0 aliphatic carbocycles. The number of ether oxygens (including phenoxy) is 1. The predicted octanol–water partition coefficient (Wildman–Crippen LogP) is 6.47. The first-order valence-corrected chi connectivity index (χ1v) is 10.9. The fourth-order valence-electron chi connectivity index (χ4n) is 2.85. The molecule has 4 nitrogen and oxygen atoms in total. The zero-order valence-corrected chi connectivity index (χ0v) is 18.9. The van der Waals surface area contributed by atoms with Gasteiger partial charge in [-0.3, -0.25) is 9.59 Å². The number of carbonyl (C=O) groups is 2. The molecule has 0 heterocycles. The second kappa shape index (κ2) is 11.4. The summed E-state index contributed by atoms with van der Waals surface area (Å²) in [4.78, 5) is 24.8. The van der Waals surface area contributed by atoms with Crippen LogP contribution in [-0.2, 0) is 9.53 Å². The molecule has 0 fully saturated rings. The molecule has 2 unspecified atom stereocenters. The van der Waals surface area contributed by atoms with Crippen molar-refractivity contribution in [3.05, 3.63) is 58.4 Å².